The first-order chi connectivity index (χ1) is 13.2. The molecule has 0 unspecified atom stereocenters. The molecule has 1 aromatic carbocycles. The van der Waals surface area contributed by atoms with Gasteiger partial charge in [0, 0.05) is 36.6 Å². The van der Waals surface area contributed by atoms with Crippen molar-refractivity contribution in [2.24, 2.45) is 0 Å². The van der Waals surface area contributed by atoms with E-state index in [4.69, 9.17) is 11.6 Å². The molecule has 1 aromatic heterocycles. The van der Waals surface area contributed by atoms with Crippen molar-refractivity contribution in [1.82, 2.24) is 9.88 Å². The lowest BCUT2D eigenvalue weighted by Crippen LogP contribution is -2.20. The SMILES string of the molecule is C\C=C/C(=C(Cl)\C=C\NC=O)n1ccc2cc(N3CCCC3)ccc2c1=O. The van der Waals surface area contributed by atoms with E-state index < -0.39 is 0 Å². The summed E-state index contributed by atoms with van der Waals surface area (Å²) in [6.45, 7) is 3.98. The zero-order valence-electron chi connectivity index (χ0n) is 15.2. The third-order valence-corrected chi connectivity index (χ3v) is 4.90. The molecule has 2 heterocycles. The quantitative estimate of drug-likeness (QED) is 0.609. The molecule has 6 heteroatoms. The monoisotopic (exact) mass is 383 g/mol. The van der Waals surface area contributed by atoms with Crippen molar-refractivity contribution in [2.45, 2.75) is 19.8 Å². The van der Waals surface area contributed by atoms with Crippen LogP contribution in [0.25, 0.3) is 16.5 Å². The summed E-state index contributed by atoms with van der Waals surface area (Å²) in [5.41, 5.74) is 1.56. The van der Waals surface area contributed by atoms with Crippen molar-refractivity contribution in [2.75, 3.05) is 18.0 Å². The summed E-state index contributed by atoms with van der Waals surface area (Å²) >= 11 is 6.35. The number of allylic oxidation sites excluding steroid dienone is 5. The molecule has 2 aromatic rings. The van der Waals surface area contributed by atoms with E-state index in [1.54, 1.807) is 18.3 Å². The number of carbonyl (C=O) groups is 1. The van der Waals surface area contributed by atoms with Gasteiger partial charge in [0.05, 0.1) is 10.7 Å². The minimum atomic E-state index is -0.136. The Morgan fingerprint density at radius 3 is 2.67 bits per heavy atom. The molecule has 3 rings (SSSR count). The normalized spacial score (nSPS) is 15.7. The van der Waals surface area contributed by atoms with Gasteiger partial charge in [-0.25, -0.2) is 0 Å². The third kappa shape index (κ3) is 4.14. The smallest absolute Gasteiger partial charge is 0.262 e. The number of rotatable bonds is 6. The second-order valence-corrected chi connectivity index (χ2v) is 6.71. The molecule has 0 aliphatic carbocycles. The number of nitrogens with zero attached hydrogens (tertiary/aromatic N) is 2. The summed E-state index contributed by atoms with van der Waals surface area (Å²) < 4.78 is 1.52. The number of hydrogen-bond acceptors (Lipinski definition) is 3. The van der Waals surface area contributed by atoms with E-state index in [1.807, 2.05) is 31.2 Å². The molecule has 1 amide bonds. The molecule has 0 spiro atoms. The number of hydrogen-bond donors (Lipinski definition) is 1. The fourth-order valence-electron chi connectivity index (χ4n) is 3.28. The molecule has 1 saturated heterocycles. The minimum absolute atomic E-state index is 0.136. The lowest BCUT2D eigenvalue weighted by atomic mass is 10.1. The van der Waals surface area contributed by atoms with E-state index in [2.05, 4.69) is 16.3 Å². The highest BCUT2D eigenvalue weighted by molar-refractivity contribution is 6.34. The predicted molar refractivity (Wildman–Crippen MR) is 112 cm³/mol. The predicted octanol–water partition coefficient (Wildman–Crippen LogP) is 3.84. The van der Waals surface area contributed by atoms with Crippen molar-refractivity contribution >= 4 is 40.2 Å². The average Bonchev–Trinajstić information content (AvgIpc) is 3.21. The number of anilines is 1. The van der Waals surface area contributed by atoms with Crippen LogP contribution < -0.4 is 15.8 Å². The van der Waals surface area contributed by atoms with Crippen molar-refractivity contribution < 1.29 is 4.79 Å². The van der Waals surface area contributed by atoms with E-state index in [0.29, 0.717) is 22.5 Å². The van der Waals surface area contributed by atoms with Crippen LogP contribution in [0.4, 0.5) is 5.69 Å². The summed E-state index contributed by atoms with van der Waals surface area (Å²) in [6.07, 6.45) is 11.2. The van der Waals surface area contributed by atoms with Gasteiger partial charge in [0.25, 0.3) is 5.56 Å². The number of pyridine rings is 1. The van der Waals surface area contributed by atoms with Crippen LogP contribution in [0.3, 0.4) is 0 Å². The number of nitrogens with one attached hydrogen (secondary N) is 1. The molecule has 1 aliphatic heterocycles. The van der Waals surface area contributed by atoms with E-state index in [9.17, 15) is 9.59 Å². The molecule has 0 radical (unpaired) electrons. The minimum Gasteiger partial charge on any atom is -0.372 e. The van der Waals surface area contributed by atoms with Gasteiger partial charge in [-0.3, -0.25) is 14.2 Å². The van der Waals surface area contributed by atoms with E-state index >= 15 is 0 Å². The highest BCUT2D eigenvalue weighted by Gasteiger charge is 2.14. The van der Waals surface area contributed by atoms with Crippen molar-refractivity contribution in [3.63, 3.8) is 0 Å². The zero-order chi connectivity index (χ0) is 19.2. The highest BCUT2D eigenvalue weighted by Crippen LogP contribution is 2.25. The van der Waals surface area contributed by atoms with E-state index in [1.165, 1.54) is 23.6 Å². The number of halogens is 1. The van der Waals surface area contributed by atoms with Crippen LogP contribution in [0.15, 0.2) is 64.7 Å². The molecule has 0 saturated carbocycles. The fraction of sp³-hybridized carbons (Fsp3) is 0.238. The van der Waals surface area contributed by atoms with Gasteiger partial charge < -0.3 is 10.2 Å². The second-order valence-electron chi connectivity index (χ2n) is 6.31. The van der Waals surface area contributed by atoms with Crippen LogP contribution in [0, 0.1) is 0 Å². The fourth-order valence-corrected chi connectivity index (χ4v) is 3.49. The second kappa shape index (κ2) is 8.73. The summed E-state index contributed by atoms with van der Waals surface area (Å²) in [5.74, 6) is 0. The van der Waals surface area contributed by atoms with Gasteiger partial charge >= 0.3 is 0 Å². The lowest BCUT2D eigenvalue weighted by Gasteiger charge is -2.18. The molecule has 1 fully saturated rings. The maximum absolute atomic E-state index is 13.0. The Hall–Kier alpha value is -2.79. The van der Waals surface area contributed by atoms with Crippen molar-refractivity contribution in [3.8, 4) is 0 Å². The van der Waals surface area contributed by atoms with Gasteiger partial charge in [0.15, 0.2) is 0 Å². The molecule has 1 aliphatic rings. The molecule has 1 N–H and O–H groups in total. The van der Waals surface area contributed by atoms with Crippen LogP contribution in [0.2, 0.25) is 0 Å². The van der Waals surface area contributed by atoms with E-state index in [0.717, 1.165) is 24.2 Å². The van der Waals surface area contributed by atoms with Crippen molar-refractivity contribution in [1.29, 1.82) is 0 Å². The zero-order valence-corrected chi connectivity index (χ0v) is 15.9. The average molecular weight is 384 g/mol. The standard InChI is InChI=1S/C21H22ClN3O2/c1-2-5-20(19(22)8-10-23-15-26)25-13-9-16-14-17(24-11-3-4-12-24)6-7-18(16)21(25)27/h2,5-10,13-15H,3-4,11-12H2,1H3,(H,23,26)/b5-2-,10-8+,20-19-. The molecular formula is C21H22ClN3O2. The first-order valence-corrected chi connectivity index (χ1v) is 9.33. The maximum Gasteiger partial charge on any atom is 0.262 e. The van der Waals surface area contributed by atoms with Crippen LogP contribution in [0.5, 0.6) is 0 Å². The topological polar surface area (TPSA) is 54.3 Å². The Morgan fingerprint density at radius 2 is 1.96 bits per heavy atom. The Balaban J connectivity index is 2.06. The highest BCUT2D eigenvalue weighted by atomic mass is 35.5. The number of benzene rings is 1. The largest absolute Gasteiger partial charge is 0.372 e. The van der Waals surface area contributed by atoms with Crippen LogP contribution in [-0.4, -0.2) is 24.1 Å². The number of carbonyl (C=O) groups excluding carboxylic acids is 1. The number of amides is 1. The first-order valence-electron chi connectivity index (χ1n) is 8.95. The molecule has 5 nitrogen and oxygen atoms in total. The number of aromatic nitrogens is 1. The van der Waals surface area contributed by atoms with Gasteiger partial charge in [-0.1, -0.05) is 17.7 Å². The van der Waals surface area contributed by atoms with Gasteiger partial charge in [-0.2, -0.15) is 0 Å². The van der Waals surface area contributed by atoms with Gasteiger partial charge in [0.2, 0.25) is 6.41 Å². The Kier molecular flexibility index (Phi) is 6.14. The van der Waals surface area contributed by atoms with Gasteiger partial charge in [-0.15, -0.1) is 0 Å². The molecular weight excluding hydrogens is 362 g/mol. The lowest BCUT2D eigenvalue weighted by molar-refractivity contribution is -0.108. The molecule has 140 valence electrons. The van der Waals surface area contributed by atoms with Gasteiger partial charge in [-0.05, 0) is 61.6 Å². The Bertz CT molecular complexity index is 983. The molecule has 0 bridgehead atoms. The Labute approximate surface area is 163 Å². The maximum atomic E-state index is 13.0. The summed E-state index contributed by atoms with van der Waals surface area (Å²) in [5, 5.41) is 4.31. The Morgan fingerprint density at radius 1 is 1.19 bits per heavy atom. The van der Waals surface area contributed by atoms with Crippen LogP contribution in [-0.2, 0) is 4.79 Å². The van der Waals surface area contributed by atoms with E-state index in [-0.39, 0.29) is 5.56 Å². The number of fused-ring (bicyclic) bond motifs is 1. The summed E-state index contributed by atoms with van der Waals surface area (Å²) in [6, 6.07) is 7.89. The summed E-state index contributed by atoms with van der Waals surface area (Å²) in [7, 11) is 0. The van der Waals surface area contributed by atoms with Crippen LogP contribution >= 0.6 is 11.6 Å². The molecule has 27 heavy (non-hydrogen) atoms. The van der Waals surface area contributed by atoms with Gasteiger partial charge in [0.1, 0.15) is 0 Å². The summed E-state index contributed by atoms with van der Waals surface area (Å²) in [4.78, 5) is 25.8. The van der Waals surface area contributed by atoms with Crippen molar-refractivity contribution in [3.05, 3.63) is 70.3 Å². The molecule has 0 atom stereocenters. The third-order valence-electron chi connectivity index (χ3n) is 4.58. The van der Waals surface area contributed by atoms with Crippen LogP contribution in [0.1, 0.15) is 19.8 Å². The first kappa shape index (κ1) is 19.0.